The lowest BCUT2D eigenvalue weighted by atomic mass is 10.00. The molecule has 0 amide bonds. The predicted octanol–water partition coefficient (Wildman–Crippen LogP) is 4.94. The largest absolute Gasteiger partial charge is 0.386 e. The zero-order valence-electron chi connectivity index (χ0n) is 14.1. The highest BCUT2D eigenvalue weighted by Crippen LogP contribution is 2.29. The van der Waals surface area contributed by atoms with Crippen LogP contribution in [0.1, 0.15) is 38.3 Å². The Kier molecular flexibility index (Phi) is 5.23. The summed E-state index contributed by atoms with van der Waals surface area (Å²) >= 11 is 5.84. The van der Waals surface area contributed by atoms with E-state index < -0.39 is 11.6 Å². The van der Waals surface area contributed by atoms with Gasteiger partial charge in [0.2, 0.25) is 0 Å². The molecule has 1 aromatic heterocycles. The molecule has 3 rings (SSSR count). The fourth-order valence-electron chi connectivity index (χ4n) is 3.01. The highest BCUT2D eigenvalue weighted by Gasteiger charge is 2.20. The van der Waals surface area contributed by atoms with Gasteiger partial charge in [-0.15, -0.1) is 0 Å². The predicted molar refractivity (Wildman–Crippen MR) is 96.1 cm³/mol. The molecule has 0 bridgehead atoms. The minimum Gasteiger partial charge on any atom is -0.386 e. The molecule has 2 heterocycles. The fourth-order valence-corrected chi connectivity index (χ4v) is 3.18. The number of hydrogen-bond donors (Lipinski definition) is 2. The summed E-state index contributed by atoms with van der Waals surface area (Å²) in [6.45, 7) is 3.93. The van der Waals surface area contributed by atoms with Crippen LogP contribution in [0, 0.1) is 11.6 Å². The molecule has 2 N–H and O–H groups in total. The van der Waals surface area contributed by atoms with E-state index in [0.29, 0.717) is 17.2 Å². The quantitative estimate of drug-likeness (QED) is 0.738. The summed E-state index contributed by atoms with van der Waals surface area (Å²) in [5.74, 6) is -0.944. The van der Waals surface area contributed by atoms with E-state index in [1.165, 1.54) is 24.4 Å². The Morgan fingerprint density at radius 3 is 2.80 bits per heavy atom. The molecule has 1 aromatic carbocycles. The van der Waals surface area contributed by atoms with E-state index in [4.69, 9.17) is 11.6 Å². The highest BCUT2D eigenvalue weighted by atomic mass is 35.5. The van der Waals surface area contributed by atoms with Gasteiger partial charge in [0.25, 0.3) is 0 Å². The average Bonchev–Trinajstić information content (AvgIpc) is 3.04. The minimum absolute atomic E-state index is 0.172. The monoisotopic (exact) mass is 363 g/mol. The normalized spacial score (nSPS) is 17.8. The van der Waals surface area contributed by atoms with Crippen LogP contribution in [0.15, 0.2) is 42.4 Å². The van der Waals surface area contributed by atoms with Gasteiger partial charge in [0.15, 0.2) is 0 Å². The SMILES string of the molecule is CCC1CC(NC(C)c2cc(F)c(-c3ccnc(Cl)c3)cc2F)=CN1. The lowest BCUT2D eigenvalue weighted by Crippen LogP contribution is -2.20. The minimum atomic E-state index is -0.489. The summed E-state index contributed by atoms with van der Waals surface area (Å²) in [5.41, 5.74) is 1.97. The van der Waals surface area contributed by atoms with Crippen LogP contribution in [0.4, 0.5) is 8.78 Å². The second kappa shape index (κ2) is 7.40. The number of hydrogen-bond acceptors (Lipinski definition) is 3. The van der Waals surface area contributed by atoms with Gasteiger partial charge in [-0.2, -0.15) is 0 Å². The maximum atomic E-state index is 14.6. The summed E-state index contributed by atoms with van der Waals surface area (Å²) in [5, 5.41) is 6.76. The topological polar surface area (TPSA) is 37.0 Å². The molecule has 2 aromatic rings. The Labute approximate surface area is 151 Å². The van der Waals surface area contributed by atoms with Crippen LogP contribution in [0.25, 0.3) is 11.1 Å². The number of aromatic nitrogens is 1. The number of rotatable bonds is 5. The first-order valence-electron chi connectivity index (χ1n) is 8.30. The third-order valence-electron chi connectivity index (χ3n) is 4.44. The zero-order chi connectivity index (χ0) is 18.0. The standard InChI is InChI=1S/C19H20ClF2N3/c1-3-13-7-14(10-24-13)25-11(2)15-8-18(22)16(9-17(15)21)12-4-5-23-19(20)6-12/h4-6,8-11,13,24-25H,3,7H2,1-2H3. The van der Waals surface area contributed by atoms with Crippen molar-refractivity contribution < 1.29 is 8.78 Å². The van der Waals surface area contributed by atoms with E-state index in [1.54, 1.807) is 6.07 Å². The van der Waals surface area contributed by atoms with Crippen LogP contribution in [0.2, 0.25) is 5.15 Å². The van der Waals surface area contributed by atoms with Crippen molar-refractivity contribution in [3.63, 3.8) is 0 Å². The van der Waals surface area contributed by atoms with Crippen LogP contribution in [0.3, 0.4) is 0 Å². The van der Waals surface area contributed by atoms with Gasteiger partial charge in [-0.05, 0) is 43.2 Å². The molecule has 2 unspecified atom stereocenters. The second-order valence-corrected chi connectivity index (χ2v) is 6.62. The summed E-state index contributed by atoms with van der Waals surface area (Å²) in [7, 11) is 0. The Balaban J connectivity index is 1.82. The molecule has 3 nitrogen and oxygen atoms in total. The van der Waals surface area contributed by atoms with Gasteiger partial charge >= 0.3 is 0 Å². The van der Waals surface area contributed by atoms with Crippen LogP contribution >= 0.6 is 11.6 Å². The van der Waals surface area contributed by atoms with Gasteiger partial charge in [-0.25, -0.2) is 13.8 Å². The van der Waals surface area contributed by atoms with Crippen molar-refractivity contribution >= 4 is 11.6 Å². The van der Waals surface area contributed by atoms with E-state index >= 15 is 0 Å². The molecule has 6 heteroatoms. The molecule has 132 valence electrons. The summed E-state index contributed by atoms with van der Waals surface area (Å²) in [6, 6.07) is 5.64. The van der Waals surface area contributed by atoms with Crippen molar-refractivity contribution in [2.24, 2.45) is 0 Å². The summed E-state index contributed by atoms with van der Waals surface area (Å²) in [6.07, 6.45) is 5.25. The molecule has 0 spiro atoms. The third kappa shape index (κ3) is 3.93. The Bertz CT molecular complexity index is 807. The van der Waals surface area contributed by atoms with Crippen molar-refractivity contribution in [1.29, 1.82) is 0 Å². The number of halogens is 3. The smallest absolute Gasteiger partial charge is 0.131 e. The van der Waals surface area contributed by atoms with E-state index in [2.05, 4.69) is 22.5 Å². The molecule has 0 aliphatic carbocycles. The number of nitrogens with zero attached hydrogens (tertiary/aromatic N) is 1. The zero-order valence-corrected chi connectivity index (χ0v) is 14.9. The maximum Gasteiger partial charge on any atom is 0.131 e. The van der Waals surface area contributed by atoms with Crippen molar-refractivity contribution in [1.82, 2.24) is 15.6 Å². The molecular weight excluding hydrogens is 344 g/mol. The first kappa shape index (κ1) is 17.7. The van der Waals surface area contributed by atoms with Crippen LogP contribution in [-0.2, 0) is 0 Å². The van der Waals surface area contributed by atoms with Crippen molar-refractivity contribution in [3.8, 4) is 11.1 Å². The average molecular weight is 364 g/mol. The molecule has 2 atom stereocenters. The molecule has 0 fully saturated rings. The van der Waals surface area contributed by atoms with Gasteiger partial charge in [-0.3, -0.25) is 0 Å². The third-order valence-corrected chi connectivity index (χ3v) is 4.65. The summed E-state index contributed by atoms with van der Waals surface area (Å²) < 4.78 is 29.1. The van der Waals surface area contributed by atoms with Crippen LogP contribution in [0.5, 0.6) is 0 Å². The number of nitrogens with one attached hydrogen (secondary N) is 2. The second-order valence-electron chi connectivity index (χ2n) is 6.23. The highest BCUT2D eigenvalue weighted by molar-refractivity contribution is 6.29. The van der Waals surface area contributed by atoms with E-state index in [0.717, 1.165) is 18.5 Å². The van der Waals surface area contributed by atoms with E-state index in [1.807, 2.05) is 13.1 Å². The molecule has 1 aliphatic heterocycles. The van der Waals surface area contributed by atoms with E-state index in [9.17, 15) is 8.78 Å². The van der Waals surface area contributed by atoms with Gasteiger partial charge in [0, 0.05) is 41.7 Å². The fraction of sp³-hybridized carbons (Fsp3) is 0.316. The van der Waals surface area contributed by atoms with Gasteiger partial charge in [0.05, 0.1) is 6.04 Å². The lowest BCUT2D eigenvalue weighted by Gasteiger charge is -2.18. The molecule has 0 saturated heterocycles. The van der Waals surface area contributed by atoms with Crippen molar-refractivity contribution in [2.75, 3.05) is 0 Å². The molecular formula is C19H20ClF2N3. The van der Waals surface area contributed by atoms with Crippen LogP contribution in [-0.4, -0.2) is 11.0 Å². The maximum absolute atomic E-state index is 14.6. The Hall–Kier alpha value is -2.14. The first-order chi connectivity index (χ1) is 12.0. The van der Waals surface area contributed by atoms with Crippen LogP contribution < -0.4 is 10.6 Å². The van der Waals surface area contributed by atoms with Gasteiger partial charge < -0.3 is 10.6 Å². The molecule has 25 heavy (non-hydrogen) atoms. The van der Waals surface area contributed by atoms with Crippen molar-refractivity contribution in [2.45, 2.75) is 38.8 Å². The van der Waals surface area contributed by atoms with Gasteiger partial charge in [-0.1, -0.05) is 18.5 Å². The van der Waals surface area contributed by atoms with Crippen molar-refractivity contribution in [3.05, 3.63) is 64.7 Å². The van der Waals surface area contributed by atoms with E-state index in [-0.39, 0.29) is 16.8 Å². The molecule has 0 saturated carbocycles. The molecule has 1 aliphatic rings. The first-order valence-corrected chi connectivity index (χ1v) is 8.68. The summed E-state index contributed by atoms with van der Waals surface area (Å²) in [4.78, 5) is 3.86. The Morgan fingerprint density at radius 2 is 2.12 bits per heavy atom. The van der Waals surface area contributed by atoms with Gasteiger partial charge in [0.1, 0.15) is 16.8 Å². The lowest BCUT2D eigenvalue weighted by molar-refractivity contribution is 0.535. The number of benzene rings is 1. The Morgan fingerprint density at radius 1 is 1.32 bits per heavy atom. The number of pyridine rings is 1. The molecule has 0 radical (unpaired) electrons.